The van der Waals surface area contributed by atoms with Crippen molar-refractivity contribution in [3.63, 3.8) is 0 Å². The molecule has 4 nitrogen and oxygen atoms in total. The van der Waals surface area contributed by atoms with Gasteiger partial charge in [-0.25, -0.2) is 0 Å². The number of nitrogens with zero attached hydrogens (tertiary/aromatic N) is 1. The van der Waals surface area contributed by atoms with Gasteiger partial charge in [-0.3, -0.25) is 4.79 Å². The van der Waals surface area contributed by atoms with Gasteiger partial charge in [0.2, 0.25) is 0 Å². The van der Waals surface area contributed by atoms with Gasteiger partial charge in [-0.05, 0) is 76.4 Å². The van der Waals surface area contributed by atoms with Crippen LogP contribution in [0.15, 0.2) is 108 Å². The van der Waals surface area contributed by atoms with Crippen LogP contribution in [0.2, 0.25) is 5.02 Å². The number of carbonyl (C=O) groups is 1. The molecule has 1 heterocycles. The summed E-state index contributed by atoms with van der Waals surface area (Å²) in [7, 11) is 0. The molecular formula is C37H37ClN2O2. The zero-order valence-electron chi connectivity index (χ0n) is 24.7. The van der Waals surface area contributed by atoms with E-state index >= 15 is 0 Å². The van der Waals surface area contributed by atoms with Crippen LogP contribution in [0.5, 0.6) is 0 Å². The van der Waals surface area contributed by atoms with Crippen LogP contribution in [0.4, 0.5) is 0 Å². The molecule has 0 aliphatic carbocycles. The van der Waals surface area contributed by atoms with Crippen LogP contribution in [-0.2, 0) is 11.8 Å². The summed E-state index contributed by atoms with van der Waals surface area (Å²) >= 11 is 6.10. The Morgan fingerprint density at radius 2 is 1.55 bits per heavy atom. The Labute approximate surface area is 253 Å². The monoisotopic (exact) mass is 576 g/mol. The van der Waals surface area contributed by atoms with E-state index in [9.17, 15) is 4.79 Å². The highest BCUT2D eigenvalue weighted by Gasteiger charge is 2.22. The quantitative estimate of drug-likeness (QED) is 0.190. The topological polar surface area (TPSA) is 55.1 Å². The molecule has 0 aliphatic rings. The molecule has 5 rings (SSSR count). The third kappa shape index (κ3) is 7.00. The Morgan fingerprint density at radius 1 is 0.857 bits per heavy atom. The van der Waals surface area contributed by atoms with Crippen LogP contribution in [0.1, 0.15) is 72.8 Å². The Morgan fingerprint density at radius 3 is 2.21 bits per heavy atom. The number of carbonyl (C=O) groups excluding carboxylic acids is 1. The van der Waals surface area contributed by atoms with Crippen molar-refractivity contribution >= 4 is 17.5 Å². The lowest BCUT2D eigenvalue weighted by atomic mass is 9.83. The first kappa shape index (κ1) is 29.3. The predicted octanol–water partition coefficient (Wildman–Crippen LogP) is 9.47. The van der Waals surface area contributed by atoms with Crippen molar-refractivity contribution in [3.05, 3.63) is 136 Å². The minimum atomic E-state index is -0.0420. The largest absolute Gasteiger partial charge is 0.356 e. The minimum Gasteiger partial charge on any atom is -0.356 e. The molecule has 4 aromatic carbocycles. The number of amides is 1. The molecule has 0 spiro atoms. The summed E-state index contributed by atoms with van der Waals surface area (Å²) in [4.78, 5) is 12.4. The third-order valence-electron chi connectivity index (χ3n) is 7.58. The van der Waals surface area contributed by atoms with Gasteiger partial charge in [-0.2, -0.15) is 0 Å². The fraction of sp³-hybridized carbons (Fsp3) is 0.243. The fourth-order valence-electron chi connectivity index (χ4n) is 5.06. The van der Waals surface area contributed by atoms with E-state index in [0.29, 0.717) is 17.1 Å². The van der Waals surface area contributed by atoms with Crippen molar-refractivity contribution in [2.24, 2.45) is 0 Å². The highest BCUT2D eigenvalue weighted by Crippen LogP contribution is 2.34. The molecule has 0 saturated carbocycles. The Bertz CT molecular complexity index is 1630. The minimum absolute atomic E-state index is 0.0178. The third-order valence-corrected chi connectivity index (χ3v) is 7.83. The first-order valence-corrected chi connectivity index (χ1v) is 14.9. The lowest BCUT2D eigenvalue weighted by molar-refractivity contribution is 0.0953. The molecule has 1 amide bonds. The summed E-state index contributed by atoms with van der Waals surface area (Å²) in [6.45, 7) is 9.38. The van der Waals surface area contributed by atoms with E-state index in [1.807, 2.05) is 67.6 Å². The Hall–Kier alpha value is -4.15. The number of rotatable bonds is 9. The molecule has 0 unspecified atom stereocenters. The van der Waals surface area contributed by atoms with Crippen LogP contribution in [0.3, 0.4) is 0 Å². The molecule has 1 N–H and O–H groups in total. The lowest BCUT2D eigenvalue weighted by Crippen LogP contribution is -2.23. The second-order valence-corrected chi connectivity index (χ2v) is 12.2. The van der Waals surface area contributed by atoms with E-state index in [4.69, 9.17) is 16.1 Å². The van der Waals surface area contributed by atoms with Gasteiger partial charge in [0.1, 0.15) is 0 Å². The number of hydrogen-bond acceptors (Lipinski definition) is 3. The van der Waals surface area contributed by atoms with E-state index in [1.54, 1.807) is 0 Å². The van der Waals surface area contributed by atoms with Gasteiger partial charge in [0, 0.05) is 34.7 Å². The number of halogens is 1. The smallest absolute Gasteiger partial charge is 0.251 e. The molecule has 5 aromatic rings. The van der Waals surface area contributed by atoms with Gasteiger partial charge in [-0.1, -0.05) is 111 Å². The highest BCUT2D eigenvalue weighted by atomic mass is 35.5. The van der Waals surface area contributed by atoms with E-state index < -0.39 is 0 Å². The average molecular weight is 577 g/mol. The van der Waals surface area contributed by atoms with Gasteiger partial charge < -0.3 is 9.84 Å². The zero-order valence-corrected chi connectivity index (χ0v) is 25.4. The zero-order chi connectivity index (χ0) is 29.7. The maximum atomic E-state index is 12.4. The van der Waals surface area contributed by atoms with E-state index in [2.05, 4.69) is 73.7 Å². The molecule has 42 heavy (non-hydrogen) atoms. The highest BCUT2D eigenvalue weighted by molar-refractivity contribution is 6.30. The van der Waals surface area contributed by atoms with Gasteiger partial charge in [-0.15, -0.1) is 0 Å². The first-order chi connectivity index (χ1) is 20.2. The summed E-state index contributed by atoms with van der Waals surface area (Å²) < 4.78 is 5.94. The van der Waals surface area contributed by atoms with Gasteiger partial charge in [0.25, 0.3) is 5.91 Å². The molecule has 0 bridgehead atoms. The van der Waals surface area contributed by atoms with Crippen LogP contribution < -0.4 is 5.32 Å². The first-order valence-electron chi connectivity index (χ1n) is 14.5. The van der Waals surface area contributed by atoms with Gasteiger partial charge in [0.15, 0.2) is 5.76 Å². The summed E-state index contributed by atoms with van der Waals surface area (Å²) in [5.74, 6) is 0.662. The van der Waals surface area contributed by atoms with Gasteiger partial charge in [0.05, 0.1) is 5.69 Å². The summed E-state index contributed by atoms with van der Waals surface area (Å²) in [5, 5.41) is 8.23. The van der Waals surface area contributed by atoms with Crippen LogP contribution >= 0.6 is 11.6 Å². The fourth-order valence-corrected chi connectivity index (χ4v) is 5.19. The van der Waals surface area contributed by atoms with E-state index in [0.717, 1.165) is 46.5 Å². The van der Waals surface area contributed by atoms with Crippen LogP contribution in [0.25, 0.3) is 22.5 Å². The van der Waals surface area contributed by atoms with Crippen molar-refractivity contribution in [2.75, 3.05) is 6.54 Å². The number of aromatic nitrogens is 1. The summed E-state index contributed by atoms with van der Waals surface area (Å²) in [6.07, 6.45) is 1.63. The van der Waals surface area contributed by atoms with Crippen LogP contribution in [-0.4, -0.2) is 17.6 Å². The summed E-state index contributed by atoms with van der Waals surface area (Å²) in [6, 6.07) is 34.8. The number of hydrogen-bond donors (Lipinski definition) is 1. The second kappa shape index (κ2) is 12.8. The molecule has 0 aliphatic heterocycles. The van der Waals surface area contributed by atoms with Crippen molar-refractivity contribution < 1.29 is 9.32 Å². The molecular weight excluding hydrogens is 540 g/mol. The standard InChI is InChI=1S/C37H37ClN2O2/c1-5-21-39-36(41)28-11-9-25(10-12-28)22-33(27-13-17-31(18-14-27)37(2,3)4)34-24-35(42-40-34)30-8-6-7-29(23-30)26-15-19-32(38)20-16-26/h6-20,23-24,33H,5,21-22H2,1-4H3,(H,39,41)/t33-/m1/s1. The SMILES string of the molecule is CCCNC(=O)c1ccc(C[C@H](c2ccc(C(C)(C)C)cc2)c2cc(-c3cccc(-c4ccc(Cl)cc4)c3)on2)cc1. The van der Waals surface area contributed by atoms with E-state index in [-0.39, 0.29) is 17.2 Å². The molecule has 0 fully saturated rings. The van der Waals surface area contributed by atoms with E-state index in [1.165, 1.54) is 11.1 Å². The molecule has 0 saturated heterocycles. The Kier molecular flexibility index (Phi) is 8.94. The average Bonchev–Trinajstić information content (AvgIpc) is 3.49. The maximum absolute atomic E-state index is 12.4. The van der Waals surface area contributed by atoms with Crippen LogP contribution in [0, 0.1) is 0 Å². The Balaban J connectivity index is 1.45. The molecule has 214 valence electrons. The van der Waals surface area contributed by atoms with Crippen molar-refractivity contribution in [3.8, 4) is 22.5 Å². The normalized spacial score (nSPS) is 12.2. The maximum Gasteiger partial charge on any atom is 0.251 e. The summed E-state index contributed by atoms with van der Waals surface area (Å²) in [5.41, 5.74) is 8.32. The van der Waals surface area contributed by atoms with Gasteiger partial charge >= 0.3 is 0 Å². The van der Waals surface area contributed by atoms with Crippen molar-refractivity contribution in [1.82, 2.24) is 10.5 Å². The van der Waals surface area contributed by atoms with Crippen molar-refractivity contribution in [2.45, 2.75) is 51.9 Å². The van der Waals surface area contributed by atoms with Crippen molar-refractivity contribution in [1.29, 1.82) is 0 Å². The molecule has 5 heteroatoms. The molecule has 0 radical (unpaired) electrons. The predicted molar refractivity (Wildman–Crippen MR) is 172 cm³/mol. The molecule has 1 aromatic heterocycles. The number of benzene rings is 4. The molecule has 1 atom stereocenters. The lowest BCUT2D eigenvalue weighted by Gasteiger charge is -2.21. The number of nitrogens with one attached hydrogen (secondary N) is 1. The second-order valence-electron chi connectivity index (χ2n) is 11.8.